The van der Waals surface area contributed by atoms with E-state index in [4.69, 9.17) is 0 Å². The molecule has 0 aromatic heterocycles. The fourth-order valence-corrected chi connectivity index (χ4v) is 3.61. The summed E-state index contributed by atoms with van der Waals surface area (Å²) in [5.74, 6) is 0.417. The lowest BCUT2D eigenvalue weighted by Crippen LogP contribution is -2.49. The minimum Gasteiger partial charge on any atom is -0.345 e. The van der Waals surface area contributed by atoms with Gasteiger partial charge in [-0.2, -0.15) is 0 Å². The number of hydrogen-bond donors (Lipinski definition) is 1. The summed E-state index contributed by atoms with van der Waals surface area (Å²) in [5.41, 5.74) is 0.716. The number of carbonyl (C=O) groups excluding carboxylic acids is 3. The third kappa shape index (κ3) is 3.25. The van der Waals surface area contributed by atoms with Gasteiger partial charge in [0.2, 0.25) is 0 Å². The normalized spacial score (nSPS) is 26.0. The Labute approximate surface area is 148 Å². The molecule has 1 aliphatic carbocycles. The molecule has 134 valence electrons. The van der Waals surface area contributed by atoms with Crippen LogP contribution < -0.4 is 5.32 Å². The van der Waals surface area contributed by atoms with Crippen molar-refractivity contribution < 1.29 is 14.4 Å². The number of amides is 4. The zero-order valence-corrected chi connectivity index (χ0v) is 15.0. The van der Waals surface area contributed by atoms with Gasteiger partial charge < -0.3 is 10.2 Å². The molecule has 0 bridgehead atoms. The van der Waals surface area contributed by atoms with Crippen LogP contribution in [0.1, 0.15) is 48.5 Å². The van der Waals surface area contributed by atoms with Gasteiger partial charge in [0.25, 0.3) is 11.8 Å². The highest BCUT2D eigenvalue weighted by Gasteiger charge is 2.51. The van der Waals surface area contributed by atoms with Gasteiger partial charge in [-0.1, -0.05) is 19.1 Å². The highest BCUT2D eigenvalue weighted by molar-refractivity contribution is 6.07. The number of carbonyl (C=O) groups is 3. The van der Waals surface area contributed by atoms with E-state index in [1.54, 1.807) is 38.4 Å². The second-order valence-corrected chi connectivity index (χ2v) is 7.48. The van der Waals surface area contributed by atoms with Crippen molar-refractivity contribution >= 4 is 17.8 Å². The van der Waals surface area contributed by atoms with Gasteiger partial charge >= 0.3 is 6.03 Å². The lowest BCUT2D eigenvalue weighted by Gasteiger charge is -2.33. The minimum absolute atomic E-state index is 0.0724. The van der Waals surface area contributed by atoms with E-state index in [1.165, 1.54) is 9.80 Å². The first-order valence-electron chi connectivity index (χ1n) is 8.77. The largest absolute Gasteiger partial charge is 0.345 e. The number of urea groups is 1. The zero-order chi connectivity index (χ0) is 18.2. The van der Waals surface area contributed by atoms with Crippen LogP contribution in [0.3, 0.4) is 0 Å². The maximum Gasteiger partial charge on any atom is 0.325 e. The average molecular weight is 343 g/mol. The molecule has 1 spiro atoms. The van der Waals surface area contributed by atoms with Crippen LogP contribution in [0.25, 0.3) is 0 Å². The summed E-state index contributed by atoms with van der Waals surface area (Å²) in [7, 11) is 3.40. The van der Waals surface area contributed by atoms with Crippen molar-refractivity contribution in [1.29, 1.82) is 0 Å². The summed E-state index contributed by atoms with van der Waals surface area (Å²) in [6.45, 7) is 2.42. The highest BCUT2D eigenvalue weighted by atomic mass is 16.2. The Hall–Kier alpha value is -2.37. The third-order valence-electron chi connectivity index (χ3n) is 5.32. The Balaban J connectivity index is 1.71. The van der Waals surface area contributed by atoms with Crippen LogP contribution in [-0.4, -0.2) is 47.3 Å². The topological polar surface area (TPSA) is 69.7 Å². The van der Waals surface area contributed by atoms with Crippen molar-refractivity contribution in [1.82, 2.24) is 15.1 Å². The van der Waals surface area contributed by atoms with Gasteiger partial charge in [-0.3, -0.25) is 14.5 Å². The molecular weight excluding hydrogens is 318 g/mol. The number of imide groups is 1. The van der Waals surface area contributed by atoms with E-state index >= 15 is 0 Å². The first kappa shape index (κ1) is 17.5. The Kier molecular flexibility index (Phi) is 4.54. The van der Waals surface area contributed by atoms with Crippen molar-refractivity contribution in [3.05, 3.63) is 35.4 Å². The predicted octanol–water partition coefficient (Wildman–Crippen LogP) is 2.39. The molecule has 4 amide bonds. The molecule has 0 radical (unpaired) electrons. The van der Waals surface area contributed by atoms with Gasteiger partial charge in [-0.15, -0.1) is 0 Å². The summed E-state index contributed by atoms with van der Waals surface area (Å²) >= 11 is 0. The van der Waals surface area contributed by atoms with Gasteiger partial charge in [0.05, 0.1) is 6.54 Å². The van der Waals surface area contributed by atoms with E-state index < -0.39 is 5.54 Å². The molecule has 6 nitrogen and oxygen atoms in total. The van der Waals surface area contributed by atoms with Crippen molar-refractivity contribution in [2.45, 2.75) is 44.7 Å². The predicted molar refractivity (Wildman–Crippen MR) is 93.9 cm³/mol. The van der Waals surface area contributed by atoms with E-state index in [0.29, 0.717) is 24.3 Å². The number of nitrogens with zero attached hydrogens (tertiary/aromatic N) is 2. The SMILES string of the molecule is CC1CCC2(CC1)NC(=O)N(Cc1ccc(C(=O)N(C)C)cc1)C2=O. The quantitative estimate of drug-likeness (QED) is 0.857. The molecule has 1 saturated carbocycles. The smallest absolute Gasteiger partial charge is 0.325 e. The van der Waals surface area contributed by atoms with Crippen LogP contribution in [0.15, 0.2) is 24.3 Å². The van der Waals surface area contributed by atoms with Crippen LogP contribution in [0, 0.1) is 5.92 Å². The van der Waals surface area contributed by atoms with E-state index in [-0.39, 0.29) is 24.4 Å². The molecule has 3 rings (SSSR count). The van der Waals surface area contributed by atoms with Gasteiger partial charge in [-0.25, -0.2) is 4.79 Å². The first-order chi connectivity index (χ1) is 11.8. The van der Waals surface area contributed by atoms with E-state index in [0.717, 1.165) is 18.4 Å². The fraction of sp³-hybridized carbons (Fsp3) is 0.526. The van der Waals surface area contributed by atoms with Gasteiger partial charge in [-0.05, 0) is 49.3 Å². The molecule has 0 atom stereocenters. The van der Waals surface area contributed by atoms with Crippen LogP contribution in [0.2, 0.25) is 0 Å². The van der Waals surface area contributed by atoms with Crippen LogP contribution in [0.5, 0.6) is 0 Å². The van der Waals surface area contributed by atoms with Crippen LogP contribution in [0.4, 0.5) is 4.79 Å². The van der Waals surface area contributed by atoms with Crippen molar-refractivity contribution in [3.8, 4) is 0 Å². The summed E-state index contributed by atoms with van der Waals surface area (Å²) < 4.78 is 0. The number of nitrogens with one attached hydrogen (secondary N) is 1. The lowest BCUT2D eigenvalue weighted by molar-refractivity contribution is -0.133. The second-order valence-electron chi connectivity index (χ2n) is 7.48. The lowest BCUT2D eigenvalue weighted by atomic mass is 9.77. The molecule has 1 aliphatic heterocycles. The monoisotopic (exact) mass is 343 g/mol. The molecule has 2 fully saturated rings. The molecule has 0 unspecified atom stereocenters. The van der Waals surface area contributed by atoms with Crippen LogP contribution >= 0.6 is 0 Å². The number of hydrogen-bond acceptors (Lipinski definition) is 3. The van der Waals surface area contributed by atoms with Crippen molar-refractivity contribution in [2.75, 3.05) is 14.1 Å². The number of rotatable bonds is 3. The molecule has 1 saturated heterocycles. The van der Waals surface area contributed by atoms with E-state index in [1.807, 2.05) is 0 Å². The molecule has 25 heavy (non-hydrogen) atoms. The Bertz CT molecular complexity index is 688. The van der Waals surface area contributed by atoms with Crippen LogP contribution in [-0.2, 0) is 11.3 Å². The summed E-state index contributed by atoms with van der Waals surface area (Å²) in [4.78, 5) is 39.9. The zero-order valence-electron chi connectivity index (χ0n) is 15.0. The minimum atomic E-state index is -0.704. The Morgan fingerprint density at radius 2 is 1.80 bits per heavy atom. The summed E-state index contributed by atoms with van der Waals surface area (Å²) in [5, 5.41) is 2.93. The maximum absolute atomic E-state index is 12.9. The van der Waals surface area contributed by atoms with Gasteiger partial charge in [0.1, 0.15) is 5.54 Å². The van der Waals surface area contributed by atoms with E-state index in [2.05, 4.69) is 12.2 Å². The highest BCUT2D eigenvalue weighted by Crippen LogP contribution is 2.36. The Morgan fingerprint density at radius 1 is 1.20 bits per heavy atom. The molecule has 2 aliphatic rings. The maximum atomic E-state index is 12.9. The average Bonchev–Trinajstić information content (AvgIpc) is 2.82. The fourth-order valence-electron chi connectivity index (χ4n) is 3.61. The summed E-state index contributed by atoms with van der Waals surface area (Å²) in [6, 6.07) is 6.74. The first-order valence-corrected chi connectivity index (χ1v) is 8.77. The second kappa shape index (κ2) is 6.50. The van der Waals surface area contributed by atoms with Crippen molar-refractivity contribution in [3.63, 3.8) is 0 Å². The molecular formula is C19H25N3O3. The summed E-state index contributed by atoms with van der Waals surface area (Å²) in [6.07, 6.45) is 3.35. The molecule has 1 heterocycles. The molecule has 6 heteroatoms. The number of benzene rings is 1. The third-order valence-corrected chi connectivity index (χ3v) is 5.32. The molecule has 1 aromatic rings. The molecule has 1 N–H and O–H groups in total. The van der Waals surface area contributed by atoms with Gasteiger partial charge in [0, 0.05) is 19.7 Å². The molecule has 1 aromatic carbocycles. The standard InChI is InChI=1S/C19H25N3O3/c1-13-8-10-19(11-9-13)17(24)22(18(25)20-19)12-14-4-6-15(7-5-14)16(23)21(2)3/h4-7,13H,8-12H2,1-3H3,(H,20,25). The van der Waals surface area contributed by atoms with Crippen molar-refractivity contribution in [2.24, 2.45) is 5.92 Å². The van der Waals surface area contributed by atoms with Gasteiger partial charge in [0.15, 0.2) is 0 Å². The Morgan fingerprint density at radius 3 is 2.36 bits per heavy atom. The van der Waals surface area contributed by atoms with E-state index in [9.17, 15) is 14.4 Å².